The molecule has 0 aliphatic rings. The van der Waals surface area contributed by atoms with E-state index in [2.05, 4.69) is 29.1 Å². The van der Waals surface area contributed by atoms with E-state index in [4.69, 9.17) is 0 Å². The van der Waals surface area contributed by atoms with E-state index in [9.17, 15) is 0 Å². The molecule has 4 heteroatoms. The minimum absolute atomic E-state index is 0.491. The molecule has 0 aliphatic heterocycles. The average Bonchev–Trinajstić information content (AvgIpc) is 2.57. The van der Waals surface area contributed by atoms with Crippen molar-refractivity contribution in [3.8, 4) is 0 Å². The highest BCUT2D eigenvalue weighted by molar-refractivity contribution is 7.99. The predicted octanol–water partition coefficient (Wildman–Crippen LogP) is 2.35. The highest BCUT2D eigenvalue weighted by Gasteiger charge is 2.02. The van der Waals surface area contributed by atoms with Crippen LogP contribution < -0.4 is 5.32 Å². The summed E-state index contributed by atoms with van der Waals surface area (Å²) in [5.41, 5.74) is 0. The van der Waals surface area contributed by atoms with E-state index >= 15 is 0 Å². The molecule has 1 heterocycles. The maximum atomic E-state index is 4.11. The Labute approximate surface area is 83.7 Å². The third-order valence-corrected chi connectivity index (χ3v) is 2.71. The summed E-state index contributed by atoms with van der Waals surface area (Å²) in [6.07, 6.45) is 4.77. The molecule has 1 rings (SSSR count). The van der Waals surface area contributed by atoms with Gasteiger partial charge in [-0.3, -0.25) is 0 Å². The summed E-state index contributed by atoms with van der Waals surface area (Å²) < 4.78 is 0. The van der Waals surface area contributed by atoms with Gasteiger partial charge in [-0.15, -0.1) is 0 Å². The fourth-order valence-corrected chi connectivity index (χ4v) is 1.86. The van der Waals surface area contributed by atoms with Crippen LogP contribution in [0.15, 0.2) is 12.4 Å². The molecule has 13 heavy (non-hydrogen) atoms. The molecule has 0 fully saturated rings. The van der Waals surface area contributed by atoms with Crippen molar-refractivity contribution < 1.29 is 0 Å². The van der Waals surface area contributed by atoms with Crippen LogP contribution in [0, 0.1) is 0 Å². The molecular formula is C9H17N3S. The smallest absolute Gasteiger partial charge is 0.200 e. The summed E-state index contributed by atoms with van der Waals surface area (Å²) in [6, 6.07) is 0.491. The number of thioether (sulfide) groups is 1. The third kappa shape index (κ3) is 4.22. The molecule has 0 saturated carbocycles. The van der Waals surface area contributed by atoms with Crippen molar-refractivity contribution in [2.75, 3.05) is 16.8 Å². The summed E-state index contributed by atoms with van der Waals surface area (Å²) in [5.74, 6) is 3.28. The lowest BCUT2D eigenvalue weighted by atomic mass is 10.3. The van der Waals surface area contributed by atoms with Crippen LogP contribution in [0.3, 0.4) is 0 Å². The SMILES string of the molecule is CCSCCC(C)Nc1ncc[nH]1. The molecule has 0 aromatic carbocycles. The molecule has 0 amide bonds. The van der Waals surface area contributed by atoms with Gasteiger partial charge in [-0.2, -0.15) is 11.8 Å². The number of anilines is 1. The second-order valence-corrected chi connectivity index (χ2v) is 4.36. The van der Waals surface area contributed by atoms with E-state index in [1.54, 1.807) is 6.20 Å². The Bertz CT molecular complexity index is 211. The lowest BCUT2D eigenvalue weighted by molar-refractivity contribution is 0.762. The zero-order chi connectivity index (χ0) is 9.52. The highest BCUT2D eigenvalue weighted by atomic mass is 32.2. The van der Waals surface area contributed by atoms with E-state index in [-0.39, 0.29) is 0 Å². The summed E-state index contributed by atoms with van der Waals surface area (Å²) >= 11 is 1.98. The van der Waals surface area contributed by atoms with Crippen molar-refractivity contribution in [1.29, 1.82) is 0 Å². The largest absolute Gasteiger partial charge is 0.353 e. The molecule has 1 aromatic rings. The van der Waals surface area contributed by atoms with Crippen LogP contribution >= 0.6 is 11.8 Å². The first kappa shape index (κ1) is 10.4. The van der Waals surface area contributed by atoms with Crippen molar-refractivity contribution >= 4 is 17.7 Å². The molecule has 74 valence electrons. The topological polar surface area (TPSA) is 40.7 Å². The molecule has 1 aromatic heterocycles. The Kier molecular flexibility index (Phi) is 4.75. The highest BCUT2D eigenvalue weighted by Crippen LogP contribution is 2.07. The standard InChI is InChI=1S/C9H17N3S/c1-3-13-7-4-8(2)12-9-10-5-6-11-9/h5-6,8H,3-4,7H2,1-2H3,(H2,10,11,12). The third-order valence-electron chi connectivity index (χ3n) is 1.78. The quantitative estimate of drug-likeness (QED) is 0.691. The van der Waals surface area contributed by atoms with Gasteiger partial charge in [0.15, 0.2) is 5.95 Å². The first-order valence-corrected chi connectivity index (χ1v) is 5.82. The monoisotopic (exact) mass is 199 g/mol. The van der Waals surface area contributed by atoms with Crippen molar-refractivity contribution in [3.05, 3.63) is 12.4 Å². The fraction of sp³-hybridized carbons (Fsp3) is 0.667. The number of H-pyrrole nitrogens is 1. The second kappa shape index (κ2) is 5.91. The van der Waals surface area contributed by atoms with Crippen LogP contribution in [0.4, 0.5) is 5.95 Å². The van der Waals surface area contributed by atoms with E-state index in [0.29, 0.717) is 6.04 Å². The minimum Gasteiger partial charge on any atom is -0.353 e. The summed E-state index contributed by atoms with van der Waals surface area (Å²) in [4.78, 5) is 7.14. The number of nitrogens with one attached hydrogen (secondary N) is 2. The lowest BCUT2D eigenvalue weighted by Gasteiger charge is -2.11. The molecule has 0 radical (unpaired) electrons. The van der Waals surface area contributed by atoms with Crippen LogP contribution in [0.1, 0.15) is 20.3 Å². The van der Waals surface area contributed by atoms with E-state index in [1.807, 2.05) is 18.0 Å². The molecule has 3 nitrogen and oxygen atoms in total. The number of nitrogens with zero attached hydrogens (tertiary/aromatic N) is 1. The Morgan fingerprint density at radius 3 is 3.15 bits per heavy atom. The zero-order valence-corrected chi connectivity index (χ0v) is 9.03. The molecule has 2 N–H and O–H groups in total. The van der Waals surface area contributed by atoms with Gasteiger partial charge in [0.05, 0.1) is 0 Å². The molecular weight excluding hydrogens is 182 g/mol. The maximum absolute atomic E-state index is 4.11. The van der Waals surface area contributed by atoms with Crippen molar-refractivity contribution in [2.24, 2.45) is 0 Å². The van der Waals surface area contributed by atoms with Gasteiger partial charge in [0.1, 0.15) is 0 Å². The zero-order valence-electron chi connectivity index (χ0n) is 8.21. The number of aromatic amines is 1. The number of rotatable bonds is 6. The van der Waals surface area contributed by atoms with Crippen LogP contribution in [-0.2, 0) is 0 Å². The van der Waals surface area contributed by atoms with Gasteiger partial charge >= 0.3 is 0 Å². The average molecular weight is 199 g/mol. The molecule has 1 unspecified atom stereocenters. The number of aromatic nitrogens is 2. The van der Waals surface area contributed by atoms with Crippen molar-refractivity contribution in [1.82, 2.24) is 9.97 Å². The normalized spacial score (nSPS) is 12.8. The summed E-state index contributed by atoms with van der Waals surface area (Å²) in [5, 5.41) is 3.30. The van der Waals surface area contributed by atoms with Gasteiger partial charge in [0, 0.05) is 18.4 Å². The van der Waals surface area contributed by atoms with Crippen LogP contribution in [0.2, 0.25) is 0 Å². The van der Waals surface area contributed by atoms with Crippen LogP contribution in [0.5, 0.6) is 0 Å². The number of hydrogen-bond donors (Lipinski definition) is 2. The Morgan fingerprint density at radius 1 is 1.69 bits per heavy atom. The Balaban J connectivity index is 2.14. The van der Waals surface area contributed by atoms with Crippen LogP contribution in [0.25, 0.3) is 0 Å². The molecule has 0 bridgehead atoms. The van der Waals surface area contributed by atoms with Crippen molar-refractivity contribution in [3.63, 3.8) is 0 Å². The number of hydrogen-bond acceptors (Lipinski definition) is 3. The molecule has 0 aliphatic carbocycles. The Morgan fingerprint density at radius 2 is 2.54 bits per heavy atom. The fourth-order valence-electron chi connectivity index (χ4n) is 1.05. The van der Waals surface area contributed by atoms with Gasteiger partial charge in [-0.05, 0) is 24.9 Å². The van der Waals surface area contributed by atoms with Crippen LogP contribution in [-0.4, -0.2) is 27.5 Å². The maximum Gasteiger partial charge on any atom is 0.200 e. The van der Waals surface area contributed by atoms with Gasteiger partial charge < -0.3 is 10.3 Å². The van der Waals surface area contributed by atoms with E-state index < -0.39 is 0 Å². The van der Waals surface area contributed by atoms with Gasteiger partial charge in [-0.25, -0.2) is 4.98 Å². The Hall–Kier alpha value is -0.640. The second-order valence-electron chi connectivity index (χ2n) is 2.97. The predicted molar refractivity (Wildman–Crippen MR) is 59.3 cm³/mol. The van der Waals surface area contributed by atoms with Crippen molar-refractivity contribution in [2.45, 2.75) is 26.3 Å². The number of imidazole rings is 1. The summed E-state index contributed by atoms with van der Waals surface area (Å²) in [6.45, 7) is 4.37. The van der Waals surface area contributed by atoms with E-state index in [1.165, 1.54) is 17.9 Å². The molecule has 0 saturated heterocycles. The first-order chi connectivity index (χ1) is 6.33. The lowest BCUT2D eigenvalue weighted by Crippen LogP contribution is -2.16. The van der Waals surface area contributed by atoms with E-state index in [0.717, 1.165) is 5.95 Å². The van der Waals surface area contributed by atoms with Gasteiger partial charge in [0.25, 0.3) is 0 Å². The van der Waals surface area contributed by atoms with Gasteiger partial charge in [0.2, 0.25) is 0 Å². The molecule has 0 spiro atoms. The first-order valence-electron chi connectivity index (χ1n) is 4.66. The minimum atomic E-state index is 0.491. The summed E-state index contributed by atoms with van der Waals surface area (Å²) in [7, 11) is 0. The molecule has 1 atom stereocenters. The van der Waals surface area contributed by atoms with Gasteiger partial charge in [-0.1, -0.05) is 6.92 Å².